The number of rotatable bonds is 3. The second-order valence-electron chi connectivity index (χ2n) is 2.41. The average Bonchev–Trinajstić information content (AvgIpc) is 2.59. The molecule has 1 heterocycles. The lowest BCUT2D eigenvalue weighted by Crippen LogP contribution is -2.05. The largest absolute Gasteiger partial charge is 0.493 e. The van der Waals surface area contributed by atoms with Gasteiger partial charge in [-0.05, 0) is 0 Å². The van der Waals surface area contributed by atoms with E-state index in [9.17, 15) is 9.59 Å². The fourth-order valence-electron chi connectivity index (χ4n) is 1.03. The molecule has 6 heteroatoms. The standard InChI is InChI=1S/C8H9NO5/c1-13-6-4(7(10)11)3-9-5(6)8(12)14-2/h3,9H,1-2H3,(H,10,11). The zero-order valence-corrected chi connectivity index (χ0v) is 7.66. The van der Waals surface area contributed by atoms with Crippen LogP contribution in [0.3, 0.4) is 0 Å². The molecule has 2 N–H and O–H groups in total. The summed E-state index contributed by atoms with van der Waals surface area (Å²) in [6, 6.07) is 0. The van der Waals surface area contributed by atoms with Crippen molar-refractivity contribution in [3.8, 4) is 5.75 Å². The molecule has 1 rings (SSSR count). The minimum atomic E-state index is -1.17. The third-order valence-corrected chi connectivity index (χ3v) is 1.66. The molecule has 0 unspecified atom stereocenters. The van der Waals surface area contributed by atoms with Crippen molar-refractivity contribution in [1.29, 1.82) is 0 Å². The molecule has 0 saturated heterocycles. The van der Waals surface area contributed by atoms with Gasteiger partial charge in [-0.15, -0.1) is 0 Å². The Balaban J connectivity index is 3.20. The molecule has 0 aliphatic heterocycles. The van der Waals surface area contributed by atoms with E-state index < -0.39 is 11.9 Å². The monoisotopic (exact) mass is 199 g/mol. The Bertz CT molecular complexity index is 368. The lowest BCUT2D eigenvalue weighted by atomic mass is 10.3. The van der Waals surface area contributed by atoms with E-state index >= 15 is 0 Å². The van der Waals surface area contributed by atoms with Crippen LogP contribution in [-0.2, 0) is 4.74 Å². The number of aromatic carboxylic acids is 1. The highest BCUT2D eigenvalue weighted by Crippen LogP contribution is 2.23. The van der Waals surface area contributed by atoms with Gasteiger partial charge in [0.2, 0.25) is 0 Å². The number of aromatic amines is 1. The minimum absolute atomic E-state index is 0.00704. The first kappa shape index (κ1) is 10.1. The van der Waals surface area contributed by atoms with Crippen molar-refractivity contribution in [1.82, 2.24) is 4.98 Å². The van der Waals surface area contributed by atoms with E-state index in [-0.39, 0.29) is 17.0 Å². The van der Waals surface area contributed by atoms with Gasteiger partial charge >= 0.3 is 11.9 Å². The molecule has 76 valence electrons. The van der Waals surface area contributed by atoms with Crippen molar-refractivity contribution in [3.05, 3.63) is 17.5 Å². The smallest absolute Gasteiger partial charge is 0.358 e. The van der Waals surface area contributed by atoms with Crippen LogP contribution in [0.2, 0.25) is 0 Å². The molecule has 0 aromatic carbocycles. The number of carbonyl (C=O) groups is 2. The van der Waals surface area contributed by atoms with Crippen LogP contribution in [0.5, 0.6) is 5.75 Å². The number of hydrogen-bond acceptors (Lipinski definition) is 4. The predicted molar refractivity (Wildman–Crippen MR) is 45.6 cm³/mol. The highest BCUT2D eigenvalue weighted by molar-refractivity contribution is 5.98. The number of aromatic nitrogens is 1. The molecule has 0 spiro atoms. The van der Waals surface area contributed by atoms with E-state index in [2.05, 4.69) is 9.72 Å². The number of nitrogens with one attached hydrogen (secondary N) is 1. The van der Waals surface area contributed by atoms with Crippen LogP contribution in [0.1, 0.15) is 20.8 Å². The van der Waals surface area contributed by atoms with Crippen molar-refractivity contribution in [2.45, 2.75) is 0 Å². The number of carboxylic acids is 1. The zero-order chi connectivity index (χ0) is 10.7. The van der Waals surface area contributed by atoms with Gasteiger partial charge in [-0.2, -0.15) is 0 Å². The first-order valence-electron chi connectivity index (χ1n) is 3.68. The van der Waals surface area contributed by atoms with Gasteiger partial charge in [0.05, 0.1) is 14.2 Å². The summed E-state index contributed by atoms with van der Waals surface area (Å²) in [4.78, 5) is 24.2. The molecule has 0 amide bonds. The van der Waals surface area contributed by atoms with Crippen LogP contribution < -0.4 is 4.74 Å². The summed E-state index contributed by atoms with van der Waals surface area (Å²) in [6.07, 6.45) is 1.17. The molecule has 0 saturated carbocycles. The molecule has 0 atom stereocenters. The summed E-state index contributed by atoms with van der Waals surface area (Å²) in [5, 5.41) is 8.71. The van der Waals surface area contributed by atoms with E-state index in [1.54, 1.807) is 0 Å². The molecular weight excluding hydrogens is 190 g/mol. The summed E-state index contributed by atoms with van der Waals surface area (Å²) in [5.41, 5.74) is -0.111. The van der Waals surface area contributed by atoms with Crippen LogP contribution in [0.4, 0.5) is 0 Å². The van der Waals surface area contributed by atoms with E-state index in [1.165, 1.54) is 20.4 Å². The highest BCUT2D eigenvalue weighted by Gasteiger charge is 2.22. The van der Waals surface area contributed by atoms with Gasteiger partial charge in [0.15, 0.2) is 11.4 Å². The van der Waals surface area contributed by atoms with E-state index in [4.69, 9.17) is 9.84 Å². The molecule has 0 aliphatic rings. The maximum absolute atomic E-state index is 11.1. The van der Waals surface area contributed by atoms with Crippen molar-refractivity contribution in [3.63, 3.8) is 0 Å². The fraction of sp³-hybridized carbons (Fsp3) is 0.250. The molecule has 0 aliphatic carbocycles. The van der Waals surface area contributed by atoms with Crippen LogP contribution >= 0.6 is 0 Å². The normalized spacial score (nSPS) is 9.57. The zero-order valence-electron chi connectivity index (χ0n) is 7.66. The van der Waals surface area contributed by atoms with Crippen molar-refractivity contribution < 1.29 is 24.2 Å². The number of methoxy groups -OCH3 is 2. The van der Waals surface area contributed by atoms with Crippen LogP contribution in [0.15, 0.2) is 6.20 Å². The minimum Gasteiger partial charge on any atom is -0.493 e. The SMILES string of the molecule is COC(=O)c1[nH]cc(C(=O)O)c1OC. The summed E-state index contributed by atoms with van der Waals surface area (Å²) in [6.45, 7) is 0. The second-order valence-corrected chi connectivity index (χ2v) is 2.41. The Hall–Kier alpha value is -1.98. The fourth-order valence-corrected chi connectivity index (χ4v) is 1.03. The molecule has 0 radical (unpaired) electrons. The first-order chi connectivity index (χ1) is 6.61. The van der Waals surface area contributed by atoms with Crippen LogP contribution in [0.25, 0.3) is 0 Å². The Kier molecular flexibility index (Phi) is 2.76. The first-order valence-corrected chi connectivity index (χ1v) is 3.68. The van der Waals surface area contributed by atoms with E-state index in [0.29, 0.717) is 0 Å². The van der Waals surface area contributed by atoms with Gasteiger partial charge in [-0.3, -0.25) is 0 Å². The van der Waals surface area contributed by atoms with Gasteiger partial charge in [0.1, 0.15) is 5.56 Å². The van der Waals surface area contributed by atoms with Gasteiger partial charge in [-0.1, -0.05) is 0 Å². The Morgan fingerprint density at radius 2 is 2.07 bits per heavy atom. The third-order valence-electron chi connectivity index (χ3n) is 1.66. The molecule has 0 fully saturated rings. The van der Waals surface area contributed by atoms with Crippen LogP contribution in [0, 0.1) is 0 Å². The maximum Gasteiger partial charge on any atom is 0.358 e. The molecule has 6 nitrogen and oxygen atoms in total. The lowest BCUT2D eigenvalue weighted by molar-refractivity contribution is 0.0591. The summed E-state index contributed by atoms with van der Waals surface area (Å²) < 4.78 is 9.22. The molecule has 1 aromatic rings. The highest BCUT2D eigenvalue weighted by atomic mass is 16.5. The van der Waals surface area contributed by atoms with E-state index in [0.717, 1.165) is 0 Å². The molecule has 0 bridgehead atoms. The van der Waals surface area contributed by atoms with E-state index in [1.807, 2.05) is 0 Å². The maximum atomic E-state index is 11.1. The number of hydrogen-bond donors (Lipinski definition) is 2. The number of ether oxygens (including phenoxy) is 2. The Morgan fingerprint density at radius 1 is 1.43 bits per heavy atom. The summed E-state index contributed by atoms with van der Waals surface area (Å²) >= 11 is 0. The van der Waals surface area contributed by atoms with Crippen molar-refractivity contribution >= 4 is 11.9 Å². The van der Waals surface area contributed by atoms with Gasteiger partial charge in [0, 0.05) is 6.20 Å². The lowest BCUT2D eigenvalue weighted by Gasteiger charge is -2.01. The van der Waals surface area contributed by atoms with Crippen molar-refractivity contribution in [2.75, 3.05) is 14.2 Å². The summed E-state index contributed by atoms with van der Waals surface area (Å²) in [7, 11) is 2.48. The molecule has 1 aromatic heterocycles. The average molecular weight is 199 g/mol. The predicted octanol–water partition coefficient (Wildman–Crippen LogP) is 0.508. The Morgan fingerprint density at radius 3 is 2.50 bits per heavy atom. The van der Waals surface area contributed by atoms with Gasteiger partial charge in [0.25, 0.3) is 0 Å². The van der Waals surface area contributed by atoms with Gasteiger partial charge in [-0.25, -0.2) is 9.59 Å². The number of H-pyrrole nitrogens is 1. The van der Waals surface area contributed by atoms with Crippen molar-refractivity contribution in [2.24, 2.45) is 0 Å². The third kappa shape index (κ3) is 1.54. The Labute approximate surface area is 79.4 Å². The number of carbonyl (C=O) groups excluding carboxylic acids is 1. The number of carboxylic acid groups (broad SMARTS) is 1. The summed E-state index contributed by atoms with van der Waals surface area (Å²) in [5.74, 6) is -1.87. The topological polar surface area (TPSA) is 88.6 Å². The second kappa shape index (κ2) is 3.82. The van der Waals surface area contributed by atoms with Gasteiger partial charge < -0.3 is 19.6 Å². The number of esters is 1. The quantitative estimate of drug-likeness (QED) is 0.692. The molecule has 14 heavy (non-hydrogen) atoms. The van der Waals surface area contributed by atoms with Crippen LogP contribution in [-0.4, -0.2) is 36.2 Å². The molecular formula is C8H9NO5.